The van der Waals surface area contributed by atoms with Crippen molar-refractivity contribution in [2.24, 2.45) is 0 Å². The van der Waals surface area contributed by atoms with Crippen LogP contribution in [0.5, 0.6) is 0 Å². The number of imidazole rings is 1. The molecule has 3 aromatic heterocycles. The molecule has 1 saturated heterocycles. The van der Waals surface area contributed by atoms with Crippen LogP contribution < -0.4 is 10.6 Å². The highest BCUT2D eigenvalue weighted by molar-refractivity contribution is 5.86. The van der Waals surface area contributed by atoms with Gasteiger partial charge in [-0.2, -0.15) is 0 Å². The van der Waals surface area contributed by atoms with E-state index in [-0.39, 0.29) is 6.04 Å². The minimum atomic E-state index is -1.36. The van der Waals surface area contributed by atoms with Crippen LogP contribution in [-0.4, -0.2) is 71.1 Å². The largest absolute Gasteiger partial charge is 0.387 e. The molecule has 1 unspecified atom stereocenters. The predicted octanol–water partition coefficient (Wildman–Crippen LogP) is 3.31. The van der Waals surface area contributed by atoms with Crippen LogP contribution in [0, 0.1) is 20.8 Å². The summed E-state index contributed by atoms with van der Waals surface area (Å²) in [5, 5.41) is 28.8. The molecule has 11 heteroatoms. The number of carbonyl (C=O) groups excluding carboxylic acids is 1. The van der Waals surface area contributed by atoms with Crippen LogP contribution in [0.1, 0.15) is 46.9 Å². The molecule has 4 heterocycles. The van der Waals surface area contributed by atoms with Crippen LogP contribution >= 0.6 is 0 Å². The van der Waals surface area contributed by atoms with Gasteiger partial charge in [0.2, 0.25) is 0 Å². The highest BCUT2D eigenvalue weighted by Gasteiger charge is 2.48. The van der Waals surface area contributed by atoms with Crippen LogP contribution in [0.15, 0.2) is 55.2 Å². The minimum Gasteiger partial charge on any atom is -0.387 e. The molecular formula is C33H37N7O4. The van der Waals surface area contributed by atoms with Crippen molar-refractivity contribution in [2.75, 3.05) is 11.9 Å². The zero-order chi connectivity index (χ0) is 30.5. The number of fused-ring (bicyclic) bond motifs is 2. The van der Waals surface area contributed by atoms with Crippen LogP contribution in [0.4, 0.5) is 5.82 Å². The third-order valence-corrected chi connectivity index (χ3v) is 8.70. The fourth-order valence-electron chi connectivity index (χ4n) is 6.07. The highest BCUT2D eigenvalue weighted by atomic mass is 16.6. The Bertz CT molecular complexity index is 1860. The van der Waals surface area contributed by atoms with Crippen molar-refractivity contribution >= 4 is 33.8 Å². The molecule has 228 valence electrons. The Balaban J connectivity index is 1.09. The summed E-state index contributed by atoms with van der Waals surface area (Å²) in [6.07, 6.45) is 2.88. The van der Waals surface area contributed by atoms with E-state index in [1.807, 2.05) is 0 Å². The number of nitrogens with one attached hydrogen (secondary N) is 2. The number of aryl methyl sites for hydroxylation is 3. The fraction of sp³-hybridized carbons (Fsp3) is 0.394. The number of aliphatic hydroxyl groups is 2. The molecule has 5 aromatic rings. The second-order valence-corrected chi connectivity index (χ2v) is 12.2. The van der Waals surface area contributed by atoms with Gasteiger partial charge >= 0.3 is 0 Å². The normalized spacial score (nSPS) is 21.8. The number of rotatable bonds is 9. The fourth-order valence-corrected chi connectivity index (χ4v) is 6.07. The Hall–Kier alpha value is -4.32. The van der Waals surface area contributed by atoms with Gasteiger partial charge in [-0.3, -0.25) is 9.36 Å². The molecule has 7 rings (SSSR count). The van der Waals surface area contributed by atoms with Gasteiger partial charge in [0.05, 0.1) is 6.33 Å². The smallest absolute Gasteiger partial charge is 0.252 e. The van der Waals surface area contributed by atoms with Crippen molar-refractivity contribution in [3.8, 4) is 0 Å². The maximum atomic E-state index is 12.6. The zero-order valence-electron chi connectivity index (χ0n) is 25.1. The molecule has 0 radical (unpaired) electrons. The molecule has 2 aromatic carbocycles. The molecule has 1 aliphatic heterocycles. The Morgan fingerprint density at radius 1 is 1.00 bits per heavy atom. The van der Waals surface area contributed by atoms with Gasteiger partial charge in [-0.25, -0.2) is 15.0 Å². The lowest BCUT2D eigenvalue weighted by atomic mass is 10.1. The van der Waals surface area contributed by atoms with Gasteiger partial charge < -0.3 is 30.2 Å². The first kappa shape index (κ1) is 28.5. The number of carbonyl (C=O) groups is 1. The maximum absolute atomic E-state index is 12.6. The summed E-state index contributed by atoms with van der Waals surface area (Å²) >= 11 is 0. The Kier molecular flexibility index (Phi) is 7.31. The average molecular weight is 596 g/mol. The molecule has 11 nitrogen and oxygen atoms in total. The summed E-state index contributed by atoms with van der Waals surface area (Å²) in [6.45, 7) is 7.81. The third kappa shape index (κ3) is 5.31. The van der Waals surface area contributed by atoms with Gasteiger partial charge in [0.25, 0.3) is 5.91 Å². The second kappa shape index (κ2) is 11.3. The van der Waals surface area contributed by atoms with Crippen molar-refractivity contribution < 1.29 is 19.7 Å². The molecule has 0 spiro atoms. The van der Waals surface area contributed by atoms with Crippen molar-refractivity contribution in [1.29, 1.82) is 0 Å². The summed E-state index contributed by atoms with van der Waals surface area (Å²) in [5.41, 5.74) is 8.45. The van der Waals surface area contributed by atoms with E-state index in [2.05, 4.69) is 93.5 Å². The van der Waals surface area contributed by atoms with Gasteiger partial charge in [0.15, 0.2) is 29.3 Å². The molecule has 44 heavy (non-hydrogen) atoms. The molecule has 0 bridgehead atoms. The van der Waals surface area contributed by atoms with Crippen molar-refractivity contribution in [2.45, 2.75) is 77.2 Å². The molecular weight excluding hydrogens is 558 g/mol. The van der Waals surface area contributed by atoms with E-state index in [9.17, 15) is 15.0 Å². The van der Waals surface area contributed by atoms with E-state index < -0.39 is 30.4 Å². The monoisotopic (exact) mass is 595 g/mol. The molecule has 4 atom stereocenters. The Morgan fingerprint density at radius 3 is 2.61 bits per heavy atom. The average Bonchev–Trinajstić information content (AvgIpc) is 3.50. The van der Waals surface area contributed by atoms with E-state index in [0.29, 0.717) is 23.5 Å². The number of aromatic nitrogens is 5. The zero-order valence-corrected chi connectivity index (χ0v) is 25.1. The Labute approximate surface area is 254 Å². The number of anilines is 1. The van der Waals surface area contributed by atoms with E-state index in [4.69, 9.17) is 4.74 Å². The number of hydrogen-bond donors (Lipinski definition) is 4. The first-order chi connectivity index (χ1) is 21.3. The quantitative estimate of drug-likeness (QED) is 0.204. The summed E-state index contributed by atoms with van der Waals surface area (Å²) in [5.74, 6) is 0.133. The lowest BCUT2D eigenvalue weighted by molar-refractivity contribution is -0.137. The van der Waals surface area contributed by atoms with Crippen LogP contribution in [0.25, 0.3) is 22.1 Å². The summed E-state index contributed by atoms with van der Waals surface area (Å²) in [7, 11) is 0. The molecule has 2 aliphatic rings. The number of amides is 1. The molecule has 4 N–H and O–H groups in total. The first-order valence-corrected chi connectivity index (χ1v) is 15.1. The number of benzene rings is 2. The SMILES string of the molecule is Cc1ccc(C)c(Cn2cc(CCNc3ncnc4c3ncn4C3O[C@@H](C(=O)NC4CC4)[C@H](O)[C@@H]3O)c3cc(C)ccc32)c1. The highest BCUT2D eigenvalue weighted by Crippen LogP contribution is 2.33. The van der Waals surface area contributed by atoms with Crippen LogP contribution in [0.3, 0.4) is 0 Å². The van der Waals surface area contributed by atoms with Gasteiger partial charge in [-0.15, -0.1) is 0 Å². The molecule has 1 amide bonds. The summed E-state index contributed by atoms with van der Waals surface area (Å²) in [4.78, 5) is 25.9. The predicted molar refractivity (Wildman–Crippen MR) is 166 cm³/mol. The van der Waals surface area contributed by atoms with Gasteiger partial charge in [0.1, 0.15) is 18.5 Å². The van der Waals surface area contributed by atoms with E-state index >= 15 is 0 Å². The number of aliphatic hydroxyl groups excluding tert-OH is 2. The van der Waals surface area contributed by atoms with Crippen LogP contribution in [0.2, 0.25) is 0 Å². The number of nitrogens with zero attached hydrogens (tertiary/aromatic N) is 5. The van der Waals surface area contributed by atoms with Crippen LogP contribution in [-0.2, 0) is 22.5 Å². The van der Waals surface area contributed by atoms with Gasteiger partial charge in [-0.05, 0) is 68.9 Å². The molecule has 1 aliphatic carbocycles. The standard InChI is InChI=1S/C33H37N7O4/c1-18-4-6-20(3)22(12-18)15-39-14-21(24-13-19(2)5-9-25(24)39)10-11-34-30-26-31(36-16-35-30)40(17-37-26)33-28(42)27(41)29(44-33)32(43)38-23-7-8-23/h4-6,9,12-14,16-17,23,27-29,33,41-42H,7-8,10-11,15H2,1-3H3,(H,38,43)(H,34,35,36)/t27-,28+,29-,33?/m1/s1. The van der Waals surface area contributed by atoms with Crippen molar-refractivity contribution in [3.05, 3.63) is 83.1 Å². The van der Waals surface area contributed by atoms with Gasteiger partial charge in [0, 0.05) is 36.2 Å². The minimum absolute atomic E-state index is 0.114. The Morgan fingerprint density at radius 2 is 1.80 bits per heavy atom. The molecule has 2 fully saturated rings. The second-order valence-electron chi connectivity index (χ2n) is 12.2. The number of ether oxygens (including phenoxy) is 1. The van der Waals surface area contributed by atoms with Crippen molar-refractivity contribution in [3.63, 3.8) is 0 Å². The first-order valence-electron chi connectivity index (χ1n) is 15.1. The third-order valence-electron chi connectivity index (χ3n) is 8.70. The van der Waals surface area contributed by atoms with Crippen molar-refractivity contribution in [1.82, 2.24) is 29.4 Å². The van der Waals surface area contributed by atoms with E-state index in [0.717, 1.165) is 25.8 Å². The molecule has 1 saturated carbocycles. The summed E-state index contributed by atoms with van der Waals surface area (Å²) in [6, 6.07) is 13.3. The topological polar surface area (TPSA) is 139 Å². The van der Waals surface area contributed by atoms with E-state index in [1.54, 1.807) is 4.57 Å². The lowest BCUT2D eigenvalue weighted by Crippen LogP contribution is -2.43. The maximum Gasteiger partial charge on any atom is 0.252 e. The van der Waals surface area contributed by atoms with E-state index in [1.165, 1.54) is 51.4 Å². The number of hydrogen-bond acceptors (Lipinski definition) is 8. The van der Waals surface area contributed by atoms with Gasteiger partial charge in [-0.1, -0.05) is 35.4 Å². The summed E-state index contributed by atoms with van der Waals surface area (Å²) < 4.78 is 9.72. The lowest BCUT2D eigenvalue weighted by Gasteiger charge is -2.16.